The van der Waals surface area contributed by atoms with Crippen LogP contribution in [0.4, 0.5) is 0 Å². The lowest BCUT2D eigenvalue weighted by atomic mass is 10.2. The molecule has 0 fully saturated rings. The van der Waals surface area contributed by atoms with Gasteiger partial charge < -0.3 is 9.84 Å². The van der Waals surface area contributed by atoms with Gasteiger partial charge in [0.25, 0.3) is 0 Å². The van der Waals surface area contributed by atoms with Crippen molar-refractivity contribution >= 4 is 17.7 Å². The Bertz CT molecular complexity index is 568. The second-order valence-corrected chi connectivity index (χ2v) is 4.98. The summed E-state index contributed by atoms with van der Waals surface area (Å²) in [6.45, 7) is 2.57. The van der Waals surface area contributed by atoms with Gasteiger partial charge in [0.05, 0.1) is 13.0 Å². The van der Waals surface area contributed by atoms with E-state index >= 15 is 0 Å². The topological polar surface area (TPSA) is 88.1 Å². The Morgan fingerprint density at radius 1 is 1.40 bits per heavy atom. The van der Waals surface area contributed by atoms with Crippen LogP contribution in [-0.4, -0.2) is 38.6 Å². The molecule has 0 unspecified atom stereocenters. The molecule has 0 amide bonds. The number of carboxylic acids is 1. The van der Waals surface area contributed by atoms with Crippen molar-refractivity contribution in [3.05, 3.63) is 24.3 Å². The van der Waals surface area contributed by atoms with E-state index in [1.807, 2.05) is 31.2 Å². The van der Waals surface area contributed by atoms with Crippen molar-refractivity contribution in [2.24, 2.45) is 0 Å². The first-order valence-electron chi connectivity index (χ1n) is 6.19. The monoisotopic (exact) mass is 293 g/mol. The van der Waals surface area contributed by atoms with E-state index in [1.165, 1.54) is 11.8 Å². The number of hydrogen-bond acceptors (Lipinski definition) is 5. The Hall–Kier alpha value is -2.02. The third kappa shape index (κ3) is 3.99. The first-order chi connectivity index (χ1) is 9.69. The van der Waals surface area contributed by atoms with Gasteiger partial charge in [0.1, 0.15) is 5.75 Å². The van der Waals surface area contributed by atoms with Gasteiger partial charge in [0, 0.05) is 11.3 Å². The van der Waals surface area contributed by atoms with Crippen LogP contribution in [0.15, 0.2) is 29.4 Å². The summed E-state index contributed by atoms with van der Waals surface area (Å²) in [6.07, 6.45) is 0.0948. The molecule has 0 spiro atoms. The zero-order valence-corrected chi connectivity index (χ0v) is 11.8. The molecule has 6 nitrogen and oxygen atoms in total. The average Bonchev–Trinajstić information content (AvgIpc) is 2.88. The number of nitrogens with one attached hydrogen (secondary N) is 1. The second kappa shape index (κ2) is 6.95. The highest BCUT2D eigenvalue weighted by Crippen LogP contribution is 2.22. The van der Waals surface area contributed by atoms with Gasteiger partial charge in [-0.1, -0.05) is 11.8 Å². The summed E-state index contributed by atoms with van der Waals surface area (Å²) >= 11 is 1.32. The lowest BCUT2D eigenvalue weighted by molar-refractivity contribution is -0.136. The molecule has 7 heteroatoms. The normalized spacial score (nSPS) is 10.4. The molecule has 2 rings (SSSR count). The maximum absolute atomic E-state index is 10.4. The van der Waals surface area contributed by atoms with Gasteiger partial charge in [0.2, 0.25) is 5.16 Å². The summed E-state index contributed by atoms with van der Waals surface area (Å²) in [5.74, 6) is 1.10. The molecule has 0 bridgehead atoms. The summed E-state index contributed by atoms with van der Waals surface area (Å²) in [5.41, 5.74) is 0.908. The van der Waals surface area contributed by atoms with Gasteiger partial charge >= 0.3 is 5.97 Å². The highest BCUT2D eigenvalue weighted by atomic mass is 32.2. The summed E-state index contributed by atoms with van der Waals surface area (Å²) in [6, 6.07) is 7.55. The maximum Gasteiger partial charge on any atom is 0.304 e. The summed E-state index contributed by atoms with van der Waals surface area (Å²) in [7, 11) is 0. The molecule has 1 heterocycles. The molecule has 0 aliphatic carbocycles. The summed E-state index contributed by atoms with van der Waals surface area (Å²) in [4.78, 5) is 14.7. The first-order valence-corrected chi connectivity index (χ1v) is 7.18. The molecular weight excluding hydrogens is 278 g/mol. The third-order valence-electron chi connectivity index (χ3n) is 2.45. The van der Waals surface area contributed by atoms with Gasteiger partial charge in [-0.15, -0.1) is 5.10 Å². The zero-order chi connectivity index (χ0) is 14.4. The van der Waals surface area contributed by atoms with Gasteiger partial charge in [-0.3, -0.25) is 9.89 Å². The summed E-state index contributed by atoms with van der Waals surface area (Å²) in [5, 5.41) is 16.0. The average molecular weight is 293 g/mol. The van der Waals surface area contributed by atoms with Crippen LogP contribution >= 0.6 is 11.8 Å². The number of carboxylic acid groups (broad SMARTS) is 1. The Balaban J connectivity index is 1.98. The molecule has 1 aromatic heterocycles. The van der Waals surface area contributed by atoms with Crippen molar-refractivity contribution in [1.29, 1.82) is 0 Å². The van der Waals surface area contributed by atoms with Crippen molar-refractivity contribution < 1.29 is 14.6 Å². The van der Waals surface area contributed by atoms with Crippen LogP contribution < -0.4 is 4.74 Å². The molecule has 0 aliphatic rings. The highest BCUT2D eigenvalue weighted by Gasteiger charge is 2.07. The number of aromatic amines is 1. The van der Waals surface area contributed by atoms with Crippen LogP contribution in [-0.2, 0) is 4.79 Å². The van der Waals surface area contributed by atoms with Crippen molar-refractivity contribution in [1.82, 2.24) is 15.2 Å². The molecule has 0 saturated heterocycles. The van der Waals surface area contributed by atoms with Gasteiger partial charge in [0.15, 0.2) is 5.82 Å². The van der Waals surface area contributed by atoms with E-state index in [9.17, 15) is 4.79 Å². The van der Waals surface area contributed by atoms with Crippen LogP contribution in [0.5, 0.6) is 5.75 Å². The fourth-order valence-electron chi connectivity index (χ4n) is 1.55. The number of aliphatic carboxylic acids is 1. The molecule has 0 saturated carbocycles. The molecule has 0 aliphatic heterocycles. The lowest BCUT2D eigenvalue weighted by Gasteiger charge is -2.02. The molecule has 0 radical (unpaired) electrons. The number of rotatable bonds is 7. The Morgan fingerprint density at radius 2 is 2.15 bits per heavy atom. The lowest BCUT2D eigenvalue weighted by Crippen LogP contribution is -1.95. The van der Waals surface area contributed by atoms with Gasteiger partial charge in [-0.05, 0) is 31.2 Å². The number of ether oxygens (including phenoxy) is 1. The summed E-state index contributed by atoms with van der Waals surface area (Å²) < 4.78 is 5.37. The quantitative estimate of drug-likeness (QED) is 0.762. The van der Waals surface area contributed by atoms with Crippen molar-refractivity contribution in [2.45, 2.75) is 18.5 Å². The first kappa shape index (κ1) is 14.4. The molecule has 20 heavy (non-hydrogen) atoms. The minimum absolute atomic E-state index is 0.0948. The Kier molecular flexibility index (Phi) is 5.00. The van der Waals surface area contributed by atoms with E-state index in [1.54, 1.807) is 0 Å². The number of aromatic nitrogens is 3. The predicted molar refractivity (Wildman–Crippen MR) is 76.0 cm³/mol. The van der Waals surface area contributed by atoms with Crippen molar-refractivity contribution in [2.75, 3.05) is 12.4 Å². The van der Waals surface area contributed by atoms with Gasteiger partial charge in [-0.25, -0.2) is 4.98 Å². The number of nitrogens with zero attached hydrogens (tertiary/aromatic N) is 2. The van der Waals surface area contributed by atoms with E-state index in [0.717, 1.165) is 11.3 Å². The number of benzene rings is 1. The minimum atomic E-state index is -0.820. The van der Waals surface area contributed by atoms with Crippen molar-refractivity contribution in [3.8, 4) is 17.1 Å². The number of thioether (sulfide) groups is 1. The third-order valence-corrected chi connectivity index (χ3v) is 3.30. The smallest absolute Gasteiger partial charge is 0.304 e. The highest BCUT2D eigenvalue weighted by molar-refractivity contribution is 7.99. The van der Waals surface area contributed by atoms with Crippen molar-refractivity contribution in [3.63, 3.8) is 0 Å². The van der Waals surface area contributed by atoms with Crippen LogP contribution in [0.1, 0.15) is 13.3 Å². The fraction of sp³-hybridized carbons (Fsp3) is 0.308. The van der Waals surface area contributed by atoms with Crippen LogP contribution in [0.2, 0.25) is 0 Å². The van der Waals surface area contributed by atoms with E-state index < -0.39 is 5.97 Å². The Labute approximate surface area is 120 Å². The maximum atomic E-state index is 10.4. The largest absolute Gasteiger partial charge is 0.494 e. The number of H-pyrrole nitrogens is 1. The zero-order valence-electron chi connectivity index (χ0n) is 11.0. The Morgan fingerprint density at radius 3 is 2.80 bits per heavy atom. The van der Waals surface area contributed by atoms with Crippen LogP contribution in [0, 0.1) is 0 Å². The SMILES string of the molecule is CCOc1ccc(-c2nc(SCCC(=O)O)n[nH]2)cc1. The molecule has 2 N–H and O–H groups in total. The molecule has 106 valence electrons. The molecule has 0 atom stereocenters. The standard InChI is InChI=1S/C13H15N3O3S/c1-2-19-10-5-3-9(4-6-10)12-14-13(16-15-12)20-8-7-11(17)18/h3-6H,2,7-8H2,1H3,(H,17,18)(H,14,15,16). The van der Waals surface area contributed by atoms with Gasteiger partial charge in [-0.2, -0.15) is 0 Å². The van der Waals surface area contributed by atoms with E-state index in [4.69, 9.17) is 9.84 Å². The van der Waals surface area contributed by atoms with E-state index in [-0.39, 0.29) is 6.42 Å². The minimum Gasteiger partial charge on any atom is -0.494 e. The molecular formula is C13H15N3O3S. The predicted octanol–water partition coefficient (Wildman–Crippen LogP) is 2.44. The van der Waals surface area contributed by atoms with Crippen LogP contribution in [0.25, 0.3) is 11.4 Å². The second-order valence-electron chi connectivity index (χ2n) is 3.92. The molecule has 1 aromatic carbocycles. The van der Waals surface area contributed by atoms with E-state index in [2.05, 4.69) is 15.2 Å². The van der Waals surface area contributed by atoms with Crippen LogP contribution in [0.3, 0.4) is 0 Å². The fourth-order valence-corrected chi connectivity index (χ4v) is 2.27. The number of carbonyl (C=O) groups is 1. The van der Waals surface area contributed by atoms with E-state index in [0.29, 0.717) is 23.3 Å². The number of hydrogen-bond donors (Lipinski definition) is 2. The molecule has 2 aromatic rings.